The van der Waals surface area contributed by atoms with Crippen LogP contribution in [-0.2, 0) is 0 Å². The molecule has 0 radical (unpaired) electrons. The molecule has 1 fully saturated rings. The van der Waals surface area contributed by atoms with Gasteiger partial charge in [0.2, 0.25) is 0 Å². The summed E-state index contributed by atoms with van der Waals surface area (Å²) < 4.78 is 1.37. The minimum atomic E-state index is -0.197. The largest absolute Gasteiger partial charge is 0.296 e. The molecular weight excluding hydrogens is 407 g/mol. The van der Waals surface area contributed by atoms with Gasteiger partial charge in [-0.1, -0.05) is 53.9 Å². The lowest BCUT2D eigenvalue weighted by atomic mass is 9.83. The van der Waals surface area contributed by atoms with E-state index in [9.17, 15) is 4.79 Å². The Morgan fingerprint density at radius 3 is 2.07 bits per heavy atom. The topological polar surface area (TPSA) is 60.2 Å². The van der Waals surface area contributed by atoms with E-state index in [1.807, 2.05) is 48.5 Å². The molecule has 4 aromatic rings. The van der Waals surface area contributed by atoms with Crippen molar-refractivity contribution >= 4 is 28.8 Å². The van der Waals surface area contributed by atoms with Gasteiger partial charge in [0.15, 0.2) is 5.65 Å². The number of fused-ring (bicyclic) bond motifs is 1. The number of hydrogen-bond acceptors (Lipinski definition) is 4. The predicted molar refractivity (Wildman–Crippen MR) is 115 cm³/mol. The molecule has 0 amide bonds. The molecule has 0 aliphatic heterocycles. The summed E-state index contributed by atoms with van der Waals surface area (Å²) >= 11 is 12.1. The summed E-state index contributed by atoms with van der Waals surface area (Å²) in [4.78, 5) is 13.1. The second-order valence-corrected chi connectivity index (χ2v) is 8.07. The fourth-order valence-electron chi connectivity index (χ4n) is 3.64. The standard InChI is InChI=1S/C22H16Cl2N4O/c23-16-8-4-13(5-9-16)18-12-25-28-21(19(18)14-6-10-17(24)11-7-14)27-26-20(22(28)29)15-2-1-3-15/h4-12,15H,1-3H2. The quantitative estimate of drug-likeness (QED) is 0.443. The second kappa shape index (κ2) is 7.25. The van der Waals surface area contributed by atoms with E-state index >= 15 is 0 Å². The summed E-state index contributed by atoms with van der Waals surface area (Å²) in [5.74, 6) is 0.184. The highest BCUT2D eigenvalue weighted by Gasteiger charge is 2.26. The molecule has 0 unspecified atom stereocenters. The number of hydrogen-bond donors (Lipinski definition) is 0. The van der Waals surface area contributed by atoms with Crippen molar-refractivity contribution in [3.63, 3.8) is 0 Å². The Balaban J connectivity index is 1.80. The Kier molecular flexibility index (Phi) is 4.57. The molecule has 0 spiro atoms. The van der Waals surface area contributed by atoms with E-state index in [-0.39, 0.29) is 11.5 Å². The zero-order valence-electron chi connectivity index (χ0n) is 15.3. The highest BCUT2D eigenvalue weighted by molar-refractivity contribution is 6.31. The lowest BCUT2D eigenvalue weighted by Crippen LogP contribution is -2.28. The van der Waals surface area contributed by atoms with Crippen LogP contribution in [0.15, 0.2) is 59.5 Å². The molecule has 1 aliphatic rings. The van der Waals surface area contributed by atoms with Crippen LogP contribution in [0.3, 0.4) is 0 Å². The normalized spacial score (nSPS) is 14.1. The molecule has 0 bridgehead atoms. The van der Waals surface area contributed by atoms with E-state index in [1.54, 1.807) is 6.20 Å². The maximum Gasteiger partial charge on any atom is 0.296 e. The number of aromatic nitrogens is 4. The maximum absolute atomic E-state index is 13.1. The van der Waals surface area contributed by atoms with Gasteiger partial charge in [-0.15, -0.1) is 10.2 Å². The molecule has 0 atom stereocenters. The lowest BCUT2D eigenvalue weighted by Gasteiger charge is -2.23. The van der Waals surface area contributed by atoms with E-state index in [0.717, 1.165) is 41.5 Å². The van der Waals surface area contributed by atoms with Crippen LogP contribution >= 0.6 is 23.2 Å². The van der Waals surface area contributed by atoms with E-state index in [0.29, 0.717) is 21.4 Å². The molecule has 2 heterocycles. The maximum atomic E-state index is 13.1. The molecule has 5 nitrogen and oxygen atoms in total. The number of halogens is 2. The summed E-state index contributed by atoms with van der Waals surface area (Å²) in [6, 6.07) is 14.9. The molecule has 2 aromatic heterocycles. The average Bonchev–Trinajstić information content (AvgIpc) is 2.69. The van der Waals surface area contributed by atoms with Crippen molar-refractivity contribution in [3.05, 3.63) is 80.8 Å². The van der Waals surface area contributed by atoms with Crippen LogP contribution in [-0.4, -0.2) is 19.8 Å². The molecule has 0 saturated heterocycles. The van der Waals surface area contributed by atoms with Crippen LogP contribution < -0.4 is 5.56 Å². The fourth-order valence-corrected chi connectivity index (χ4v) is 3.89. The van der Waals surface area contributed by atoms with Gasteiger partial charge in [0, 0.05) is 27.1 Å². The van der Waals surface area contributed by atoms with Gasteiger partial charge in [0.1, 0.15) is 5.69 Å². The molecule has 144 valence electrons. The first-order valence-electron chi connectivity index (χ1n) is 9.42. The number of nitrogens with zero attached hydrogens (tertiary/aromatic N) is 4. The van der Waals surface area contributed by atoms with Crippen molar-refractivity contribution in [2.24, 2.45) is 0 Å². The number of rotatable bonds is 3. The first-order valence-corrected chi connectivity index (χ1v) is 10.2. The Morgan fingerprint density at radius 1 is 0.862 bits per heavy atom. The van der Waals surface area contributed by atoms with Crippen molar-refractivity contribution in [1.29, 1.82) is 0 Å². The Hall–Kier alpha value is -2.76. The van der Waals surface area contributed by atoms with Crippen molar-refractivity contribution in [3.8, 4) is 22.3 Å². The second-order valence-electron chi connectivity index (χ2n) is 7.20. The third kappa shape index (κ3) is 3.20. The predicted octanol–water partition coefficient (Wildman–Crippen LogP) is 5.39. The van der Waals surface area contributed by atoms with E-state index in [1.165, 1.54) is 4.52 Å². The number of benzene rings is 2. The lowest BCUT2D eigenvalue weighted by molar-refractivity contribution is 0.402. The SMILES string of the molecule is O=c1c(C2CCC2)nnc2c(-c3ccc(Cl)cc3)c(-c3ccc(Cl)cc3)cnn12. The molecule has 5 rings (SSSR count). The molecular formula is C22H16Cl2N4O. The van der Waals surface area contributed by atoms with Gasteiger partial charge in [-0.05, 0) is 48.2 Å². The van der Waals surface area contributed by atoms with E-state index in [2.05, 4.69) is 15.3 Å². The highest BCUT2D eigenvalue weighted by atomic mass is 35.5. The molecule has 0 N–H and O–H groups in total. The zero-order chi connectivity index (χ0) is 20.0. The summed E-state index contributed by atoms with van der Waals surface area (Å²) in [7, 11) is 0. The smallest absolute Gasteiger partial charge is 0.265 e. The van der Waals surface area contributed by atoms with Crippen LogP contribution in [0.25, 0.3) is 27.9 Å². The zero-order valence-corrected chi connectivity index (χ0v) is 16.9. The molecule has 1 saturated carbocycles. The Labute approximate surface area is 176 Å². The molecule has 1 aliphatic carbocycles. The van der Waals surface area contributed by atoms with Gasteiger partial charge in [0.05, 0.1) is 6.20 Å². The summed E-state index contributed by atoms with van der Waals surface area (Å²) in [5, 5.41) is 14.5. The third-order valence-corrected chi connectivity index (χ3v) is 5.94. The van der Waals surface area contributed by atoms with Crippen molar-refractivity contribution in [2.75, 3.05) is 0 Å². The summed E-state index contributed by atoms with van der Waals surface area (Å²) in [6.07, 6.45) is 4.77. The first-order chi connectivity index (χ1) is 14.1. The highest BCUT2D eigenvalue weighted by Crippen LogP contribution is 2.36. The van der Waals surface area contributed by atoms with Crippen molar-refractivity contribution in [1.82, 2.24) is 19.8 Å². The minimum absolute atomic E-state index is 0.184. The molecule has 29 heavy (non-hydrogen) atoms. The van der Waals surface area contributed by atoms with Gasteiger partial charge >= 0.3 is 0 Å². The average molecular weight is 423 g/mol. The van der Waals surface area contributed by atoms with Crippen molar-refractivity contribution in [2.45, 2.75) is 25.2 Å². The van der Waals surface area contributed by atoms with Gasteiger partial charge < -0.3 is 0 Å². The first kappa shape index (κ1) is 18.3. The van der Waals surface area contributed by atoms with Gasteiger partial charge in [-0.25, -0.2) is 0 Å². The Bertz CT molecular complexity index is 1260. The van der Waals surface area contributed by atoms with Crippen LogP contribution in [0.4, 0.5) is 0 Å². The van der Waals surface area contributed by atoms with Crippen LogP contribution in [0.2, 0.25) is 10.0 Å². The van der Waals surface area contributed by atoms with Gasteiger partial charge in [0.25, 0.3) is 5.56 Å². The monoisotopic (exact) mass is 422 g/mol. The van der Waals surface area contributed by atoms with Gasteiger partial charge in [-0.2, -0.15) is 9.61 Å². The van der Waals surface area contributed by atoms with Crippen LogP contribution in [0, 0.1) is 0 Å². The van der Waals surface area contributed by atoms with E-state index < -0.39 is 0 Å². The van der Waals surface area contributed by atoms with Crippen LogP contribution in [0.5, 0.6) is 0 Å². The van der Waals surface area contributed by atoms with E-state index in [4.69, 9.17) is 23.2 Å². The third-order valence-electron chi connectivity index (χ3n) is 5.44. The Morgan fingerprint density at radius 2 is 1.48 bits per heavy atom. The minimum Gasteiger partial charge on any atom is -0.265 e. The van der Waals surface area contributed by atoms with Gasteiger partial charge in [-0.3, -0.25) is 4.79 Å². The van der Waals surface area contributed by atoms with Crippen molar-refractivity contribution < 1.29 is 0 Å². The van der Waals surface area contributed by atoms with Crippen LogP contribution in [0.1, 0.15) is 30.9 Å². The summed E-state index contributed by atoms with van der Waals surface area (Å²) in [5.41, 5.74) is 4.15. The summed E-state index contributed by atoms with van der Waals surface area (Å²) in [6.45, 7) is 0. The molecule has 2 aromatic carbocycles. The molecule has 7 heteroatoms. The fraction of sp³-hybridized carbons (Fsp3) is 0.182.